The minimum absolute atomic E-state index is 0.0916. The molecule has 150 valence electrons. The Kier molecular flexibility index (Phi) is 7.22. The first-order valence-electron chi connectivity index (χ1n) is 9.60. The normalized spacial score (nSPS) is 15.5. The van der Waals surface area contributed by atoms with E-state index in [4.69, 9.17) is 4.74 Å². The average molecular weight is 378 g/mol. The number of nitrogens with zero attached hydrogens (tertiary/aromatic N) is 2. The smallest absolute Gasteiger partial charge is 0.410 e. The van der Waals surface area contributed by atoms with Crippen molar-refractivity contribution in [3.63, 3.8) is 0 Å². The van der Waals surface area contributed by atoms with Crippen LogP contribution < -0.4 is 0 Å². The molecule has 1 saturated heterocycles. The van der Waals surface area contributed by atoms with Crippen molar-refractivity contribution >= 4 is 12.0 Å². The van der Waals surface area contributed by atoms with Crippen molar-refractivity contribution < 1.29 is 18.7 Å². The first-order chi connectivity index (χ1) is 12.6. The van der Waals surface area contributed by atoms with E-state index in [9.17, 15) is 14.0 Å². The van der Waals surface area contributed by atoms with Crippen LogP contribution in [0.2, 0.25) is 0 Å². The second kappa shape index (κ2) is 9.20. The van der Waals surface area contributed by atoms with Crippen LogP contribution in [0.3, 0.4) is 0 Å². The monoisotopic (exact) mass is 378 g/mol. The van der Waals surface area contributed by atoms with Gasteiger partial charge in [0.25, 0.3) is 0 Å². The predicted molar refractivity (Wildman–Crippen MR) is 103 cm³/mol. The lowest BCUT2D eigenvalue weighted by molar-refractivity contribution is -0.130. The van der Waals surface area contributed by atoms with Crippen molar-refractivity contribution in [2.75, 3.05) is 26.7 Å². The van der Waals surface area contributed by atoms with Crippen molar-refractivity contribution in [1.82, 2.24) is 9.80 Å². The topological polar surface area (TPSA) is 49.9 Å². The summed E-state index contributed by atoms with van der Waals surface area (Å²) in [6, 6.07) is 6.27. The molecule has 5 nitrogen and oxygen atoms in total. The van der Waals surface area contributed by atoms with Gasteiger partial charge in [-0.1, -0.05) is 12.1 Å². The number of carbonyl (C=O) groups excluding carboxylic acids is 2. The third-order valence-electron chi connectivity index (χ3n) is 4.76. The molecule has 1 heterocycles. The Hall–Kier alpha value is -2.11. The molecule has 1 aliphatic rings. The second-order valence-corrected chi connectivity index (χ2v) is 8.31. The standard InChI is InChI=1S/C21H31FN2O3/c1-21(2,3)27-20(26)24-13-11-17(12-14-24)15-23(4)19(25)10-7-16-5-8-18(22)9-6-16/h5-6,8-9,17H,7,10-15H2,1-4H3. The van der Waals surface area contributed by atoms with Gasteiger partial charge in [-0.15, -0.1) is 0 Å². The van der Waals surface area contributed by atoms with Crippen molar-refractivity contribution in [3.8, 4) is 0 Å². The largest absolute Gasteiger partial charge is 0.444 e. The van der Waals surface area contributed by atoms with Gasteiger partial charge < -0.3 is 14.5 Å². The number of rotatable bonds is 5. The summed E-state index contributed by atoms with van der Waals surface area (Å²) in [4.78, 5) is 28.0. The lowest BCUT2D eigenvalue weighted by Crippen LogP contribution is -2.44. The minimum atomic E-state index is -0.481. The number of ether oxygens (including phenoxy) is 1. The molecule has 0 aromatic heterocycles. The quantitative estimate of drug-likeness (QED) is 0.782. The maximum Gasteiger partial charge on any atom is 0.410 e. The van der Waals surface area contributed by atoms with Gasteiger partial charge in [0.05, 0.1) is 0 Å². The van der Waals surface area contributed by atoms with Crippen LogP contribution in [0.25, 0.3) is 0 Å². The molecule has 0 aliphatic carbocycles. The zero-order valence-electron chi connectivity index (χ0n) is 16.8. The lowest BCUT2D eigenvalue weighted by Gasteiger charge is -2.34. The van der Waals surface area contributed by atoms with Crippen LogP contribution in [0.1, 0.15) is 45.6 Å². The Balaban J connectivity index is 1.71. The van der Waals surface area contributed by atoms with Crippen LogP contribution in [-0.2, 0) is 16.0 Å². The summed E-state index contributed by atoms with van der Waals surface area (Å²) in [6.07, 6.45) is 2.51. The molecular formula is C21H31FN2O3. The Morgan fingerprint density at radius 3 is 2.33 bits per heavy atom. The molecule has 0 saturated carbocycles. The molecule has 27 heavy (non-hydrogen) atoms. The minimum Gasteiger partial charge on any atom is -0.444 e. The molecule has 0 unspecified atom stereocenters. The summed E-state index contributed by atoms with van der Waals surface area (Å²) in [6.45, 7) is 7.62. The first-order valence-corrected chi connectivity index (χ1v) is 9.60. The number of amides is 2. The van der Waals surface area contributed by atoms with Crippen molar-refractivity contribution in [2.45, 2.75) is 52.1 Å². The van der Waals surface area contributed by atoms with Gasteiger partial charge in [0.1, 0.15) is 11.4 Å². The maximum atomic E-state index is 12.9. The summed E-state index contributed by atoms with van der Waals surface area (Å²) in [7, 11) is 1.83. The summed E-state index contributed by atoms with van der Waals surface area (Å²) in [5.74, 6) is 0.220. The highest BCUT2D eigenvalue weighted by Gasteiger charge is 2.27. The Bertz CT molecular complexity index is 632. The van der Waals surface area contributed by atoms with Crippen LogP contribution in [-0.4, -0.2) is 54.1 Å². The van der Waals surface area contributed by atoms with Gasteiger partial charge in [0, 0.05) is 33.1 Å². The number of piperidine rings is 1. The molecule has 0 N–H and O–H groups in total. The van der Waals surface area contributed by atoms with Crippen molar-refractivity contribution in [2.24, 2.45) is 5.92 Å². The van der Waals surface area contributed by atoms with Crippen LogP contribution >= 0.6 is 0 Å². The van der Waals surface area contributed by atoms with Gasteiger partial charge in [0.15, 0.2) is 0 Å². The number of hydrogen-bond donors (Lipinski definition) is 0. The first kappa shape index (κ1) is 21.2. The molecule has 6 heteroatoms. The Labute approximate surface area is 161 Å². The molecule has 1 aromatic carbocycles. The molecular weight excluding hydrogens is 347 g/mol. The van der Waals surface area contributed by atoms with Gasteiger partial charge in [-0.3, -0.25) is 4.79 Å². The van der Waals surface area contributed by atoms with Gasteiger partial charge in [-0.05, 0) is 63.6 Å². The van der Waals surface area contributed by atoms with Crippen molar-refractivity contribution in [1.29, 1.82) is 0 Å². The van der Waals surface area contributed by atoms with Gasteiger partial charge in [-0.2, -0.15) is 0 Å². The molecule has 1 aliphatic heterocycles. The summed E-state index contributed by atoms with van der Waals surface area (Å²) in [5.41, 5.74) is 0.481. The number of hydrogen-bond acceptors (Lipinski definition) is 3. The second-order valence-electron chi connectivity index (χ2n) is 8.31. The van der Waals surface area contributed by atoms with Crippen molar-refractivity contribution in [3.05, 3.63) is 35.6 Å². The zero-order chi connectivity index (χ0) is 20.0. The Morgan fingerprint density at radius 2 is 1.78 bits per heavy atom. The summed E-state index contributed by atoms with van der Waals surface area (Å²) >= 11 is 0. The lowest BCUT2D eigenvalue weighted by atomic mass is 9.96. The van der Waals surface area contributed by atoms with Crippen LogP contribution in [0.5, 0.6) is 0 Å². The van der Waals surface area contributed by atoms with Gasteiger partial charge in [-0.25, -0.2) is 9.18 Å². The number of carbonyl (C=O) groups is 2. The van der Waals surface area contributed by atoms with E-state index in [1.807, 2.05) is 27.8 Å². The fourth-order valence-electron chi connectivity index (χ4n) is 3.21. The van der Waals surface area contributed by atoms with E-state index in [1.165, 1.54) is 12.1 Å². The fraction of sp³-hybridized carbons (Fsp3) is 0.619. The van der Waals surface area contributed by atoms with E-state index < -0.39 is 5.60 Å². The molecule has 0 atom stereocenters. The van der Waals surface area contributed by atoms with Crippen LogP contribution in [0.15, 0.2) is 24.3 Å². The predicted octanol–water partition coefficient (Wildman–Crippen LogP) is 3.86. The molecule has 0 spiro atoms. The Morgan fingerprint density at radius 1 is 1.19 bits per heavy atom. The highest BCUT2D eigenvalue weighted by molar-refractivity contribution is 5.76. The zero-order valence-corrected chi connectivity index (χ0v) is 16.8. The molecule has 1 fully saturated rings. The molecule has 0 radical (unpaired) electrons. The number of halogens is 1. The SMILES string of the molecule is CN(CC1CCN(C(=O)OC(C)(C)C)CC1)C(=O)CCc1ccc(F)cc1. The van der Waals surface area contributed by atoms with Crippen LogP contribution in [0, 0.1) is 11.7 Å². The molecule has 0 bridgehead atoms. The van der Waals surface area contributed by atoms with E-state index >= 15 is 0 Å². The van der Waals surface area contributed by atoms with E-state index in [1.54, 1.807) is 21.9 Å². The van der Waals surface area contributed by atoms with E-state index in [-0.39, 0.29) is 17.8 Å². The maximum absolute atomic E-state index is 12.9. The number of likely N-dealkylation sites (tertiary alicyclic amines) is 1. The van der Waals surface area contributed by atoms with E-state index in [0.717, 1.165) is 18.4 Å². The number of aryl methyl sites for hydroxylation is 1. The van der Waals surface area contributed by atoms with Crippen LogP contribution in [0.4, 0.5) is 9.18 Å². The molecule has 1 aromatic rings. The highest BCUT2D eigenvalue weighted by atomic mass is 19.1. The fourth-order valence-corrected chi connectivity index (χ4v) is 3.21. The number of benzene rings is 1. The van der Waals surface area contributed by atoms with Gasteiger partial charge >= 0.3 is 6.09 Å². The average Bonchev–Trinajstić information content (AvgIpc) is 2.60. The summed E-state index contributed by atoms with van der Waals surface area (Å²) < 4.78 is 18.3. The van der Waals surface area contributed by atoms with E-state index in [2.05, 4.69) is 0 Å². The highest BCUT2D eigenvalue weighted by Crippen LogP contribution is 2.20. The third kappa shape index (κ3) is 7.19. The molecule has 2 rings (SSSR count). The summed E-state index contributed by atoms with van der Waals surface area (Å²) in [5, 5.41) is 0. The molecule has 2 amide bonds. The van der Waals surface area contributed by atoms with Gasteiger partial charge in [0.2, 0.25) is 5.91 Å². The van der Waals surface area contributed by atoms with E-state index in [0.29, 0.717) is 38.4 Å². The third-order valence-corrected chi connectivity index (χ3v) is 4.76.